The molecule has 60 heavy (non-hydrogen) atoms. The van der Waals surface area contributed by atoms with Gasteiger partial charge in [0.1, 0.15) is 5.01 Å². The lowest BCUT2D eigenvalue weighted by molar-refractivity contribution is -0.138. The molecule has 1 saturated carbocycles. The molecule has 1 aliphatic heterocycles. The van der Waals surface area contributed by atoms with Crippen molar-refractivity contribution in [3.63, 3.8) is 0 Å². The first-order valence-electron chi connectivity index (χ1n) is 21.9. The molecular weight excluding hydrogens is 777 g/mol. The van der Waals surface area contributed by atoms with E-state index in [0.29, 0.717) is 43.7 Å². The van der Waals surface area contributed by atoms with Gasteiger partial charge in [0.2, 0.25) is 24.6 Å². The number of aryl methyl sites for hydroxylation is 1. The SMILES string of the molecule is C=CC.CCC.CCC(C)C(C(CC)OC)N(C)C(=O)CNC(=O)C1(N)CCCCC1.COC(C(C)C)C1CCCN1C=O.Cc1ccccc1.O=CNCc1nccs1. The lowest BCUT2D eigenvalue weighted by Crippen LogP contribution is -2.57. The molecule has 2 aromatic rings. The van der Waals surface area contributed by atoms with Crippen molar-refractivity contribution in [1.82, 2.24) is 25.4 Å². The van der Waals surface area contributed by atoms with Gasteiger partial charge in [-0.3, -0.25) is 19.2 Å². The molecule has 1 aromatic carbocycles. The molecule has 0 spiro atoms. The van der Waals surface area contributed by atoms with Crippen LogP contribution in [0.25, 0.3) is 0 Å². The van der Waals surface area contributed by atoms with Gasteiger partial charge in [0.05, 0.1) is 42.9 Å². The van der Waals surface area contributed by atoms with E-state index < -0.39 is 5.54 Å². The zero-order chi connectivity index (χ0) is 45.9. The number of likely N-dealkylation sites (tertiary alicyclic amines) is 1. The van der Waals surface area contributed by atoms with E-state index in [9.17, 15) is 19.2 Å². The monoisotopic (exact) mass is 861 g/mol. The average molecular weight is 861 g/mol. The van der Waals surface area contributed by atoms with Crippen LogP contribution in [0.1, 0.15) is 130 Å². The second-order valence-corrected chi connectivity index (χ2v) is 16.6. The van der Waals surface area contributed by atoms with Gasteiger partial charge in [-0.05, 0) is 57.8 Å². The maximum absolute atomic E-state index is 12.6. The van der Waals surface area contributed by atoms with E-state index in [-0.39, 0.29) is 36.6 Å². The third-order valence-electron chi connectivity index (χ3n) is 10.3. The molecule has 344 valence electrons. The summed E-state index contributed by atoms with van der Waals surface area (Å²) in [6.45, 7) is 23.6. The van der Waals surface area contributed by atoms with E-state index in [0.717, 1.165) is 62.9 Å². The number of rotatable bonds is 16. The zero-order valence-electron chi connectivity index (χ0n) is 39.4. The Balaban J connectivity index is 0. The first kappa shape index (κ1) is 58.4. The van der Waals surface area contributed by atoms with Crippen LogP contribution in [0.4, 0.5) is 0 Å². The number of aromatic nitrogens is 1. The topological polar surface area (TPSA) is 156 Å². The fraction of sp³-hybridized carbons (Fsp3) is 0.681. The lowest BCUT2D eigenvalue weighted by atomic mass is 9.82. The first-order valence-corrected chi connectivity index (χ1v) is 22.8. The van der Waals surface area contributed by atoms with Crippen molar-refractivity contribution in [2.75, 3.05) is 34.4 Å². The number of nitrogens with zero attached hydrogens (tertiary/aromatic N) is 3. The lowest BCUT2D eigenvalue weighted by Gasteiger charge is -2.38. The molecule has 2 heterocycles. The van der Waals surface area contributed by atoms with Crippen LogP contribution in [0, 0.1) is 18.8 Å². The highest BCUT2D eigenvalue weighted by atomic mass is 32.1. The number of thiazole rings is 1. The van der Waals surface area contributed by atoms with Crippen LogP contribution in [0.15, 0.2) is 54.6 Å². The number of nitrogens with two attached hydrogens (primary N) is 1. The molecule has 2 aliphatic rings. The minimum absolute atomic E-state index is 0.00841. The van der Waals surface area contributed by atoms with Crippen molar-refractivity contribution in [2.24, 2.45) is 17.6 Å². The van der Waals surface area contributed by atoms with Gasteiger partial charge in [-0.1, -0.05) is 123 Å². The van der Waals surface area contributed by atoms with Crippen LogP contribution >= 0.6 is 11.3 Å². The molecule has 1 saturated heterocycles. The van der Waals surface area contributed by atoms with Crippen molar-refractivity contribution >= 4 is 36.0 Å². The normalized spacial score (nSPS) is 16.8. The summed E-state index contributed by atoms with van der Waals surface area (Å²) in [7, 11) is 5.21. The highest BCUT2D eigenvalue weighted by molar-refractivity contribution is 7.09. The van der Waals surface area contributed by atoms with E-state index in [1.807, 2.05) is 35.4 Å². The molecule has 12 nitrogen and oxygen atoms in total. The van der Waals surface area contributed by atoms with Crippen molar-refractivity contribution in [1.29, 1.82) is 0 Å². The van der Waals surface area contributed by atoms with E-state index >= 15 is 0 Å². The Labute approximate surface area is 368 Å². The summed E-state index contributed by atoms with van der Waals surface area (Å²) < 4.78 is 11.0. The summed E-state index contributed by atoms with van der Waals surface area (Å²) in [6, 6.07) is 10.5. The number of nitrogens with one attached hydrogen (secondary N) is 2. The van der Waals surface area contributed by atoms with E-state index in [4.69, 9.17) is 15.2 Å². The highest BCUT2D eigenvalue weighted by Crippen LogP contribution is 2.27. The summed E-state index contributed by atoms with van der Waals surface area (Å²) in [5.74, 6) is 0.477. The van der Waals surface area contributed by atoms with Crippen LogP contribution in [0.2, 0.25) is 0 Å². The Kier molecular flexibility index (Phi) is 35.1. The van der Waals surface area contributed by atoms with Gasteiger partial charge in [-0.2, -0.15) is 0 Å². The van der Waals surface area contributed by atoms with Gasteiger partial charge in [-0.15, -0.1) is 17.9 Å². The molecule has 2 fully saturated rings. The molecule has 4 amide bonds. The number of methoxy groups -OCH3 is 2. The minimum Gasteiger partial charge on any atom is -0.379 e. The summed E-state index contributed by atoms with van der Waals surface area (Å²) >= 11 is 1.53. The molecular formula is C47H84N6O6S. The predicted octanol–water partition coefficient (Wildman–Crippen LogP) is 8.33. The Hall–Kier alpha value is -3.65. The maximum atomic E-state index is 12.6. The molecule has 0 radical (unpaired) electrons. The minimum atomic E-state index is -0.814. The van der Waals surface area contributed by atoms with Gasteiger partial charge in [-0.25, -0.2) is 4.98 Å². The second kappa shape index (κ2) is 36.0. The fourth-order valence-electron chi connectivity index (χ4n) is 6.99. The van der Waals surface area contributed by atoms with Crippen molar-refractivity contribution in [3.8, 4) is 0 Å². The van der Waals surface area contributed by atoms with E-state index in [1.165, 1.54) is 23.3 Å². The summed E-state index contributed by atoms with van der Waals surface area (Å²) in [5.41, 5.74) is 6.74. The number of hydrogen-bond donors (Lipinski definition) is 3. The van der Waals surface area contributed by atoms with Crippen molar-refractivity contribution in [3.05, 3.63) is 65.1 Å². The Morgan fingerprint density at radius 1 is 1.03 bits per heavy atom. The second-order valence-electron chi connectivity index (χ2n) is 15.7. The van der Waals surface area contributed by atoms with Crippen molar-refractivity contribution in [2.45, 2.75) is 163 Å². The van der Waals surface area contributed by atoms with Gasteiger partial charge < -0.3 is 35.6 Å². The van der Waals surface area contributed by atoms with Crippen LogP contribution in [-0.2, 0) is 35.2 Å². The van der Waals surface area contributed by atoms with Gasteiger partial charge in [0.15, 0.2) is 0 Å². The van der Waals surface area contributed by atoms with E-state index in [1.54, 1.807) is 38.4 Å². The van der Waals surface area contributed by atoms with Gasteiger partial charge in [0.25, 0.3) is 0 Å². The van der Waals surface area contributed by atoms with E-state index in [2.05, 4.69) is 89.7 Å². The largest absolute Gasteiger partial charge is 0.379 e. The van der Waals surface area contributed by atoms with Crippen LogP contribution in [-0.4, -0.2) is 104 Å². The summed E-state index contributed by atoms with van der Waals surface area (Å²) in [4.78, 5) is 53.1. The van der Waals surface area contributed by atoms with Crippen LogP contribution in [0.3, 0.4) is 0 Å². The van der Waals surface area contributed by atoms with Gasteiger partial charge >= 0.3 is 0 Å². The molecule has 1 aliphatic carbocycles. The molecule has 4 N–H and O–H groups in total. The number of hydrogen-bond acceptors (Lipinski definition) is 9. The zero-order valence-corrected chi connectivity index (χ0v) is 40.2. The van der Waals surface area contributed by atoms with Crippen LogP contribution in [0.5, 0.6) is 0 Å². The molecule has 13 heteroatoms. The number of ether oxygens (including phenoxy) is 2. The number of carbonyl (C=O) groups excluding carboxylic acids is 4. The number of amides is 4. The summed E-state index contributed by atoms with van der Waals surface area (Å²) in [5, 5.41) is 8.09. The highest BCUT2D eigenvalue weighted by Gasteiger charge is 2.37. The standard InChI is InChI=1S/C19H37N3O3.C10H19NO2.C7H8.C5H6N2OS.C3H8.C3H6/c1-6-14(3)17(15(7-2)25-5)22(4)16(23)13-21-18(24)19(20)11-9-8-10-12-19;1-8(2)10(13-3)9-5-4-6-11(9)7-12;1-7-5-3-2-4-6-7;8-4-6-3-5-7-1-2-9-5;2*1-3-2/h14-15,17H,6-13,20H2,1-5H3,(H,21,24);7-10H,4-6H2,1-3H3;2-6H,1H3;1-2,4H,3H2,(H,6,8);3H2,1-2H3;3H,1H2,2H3. The Morgan fingerprint density at radius 3 is 2.05 bits per heavy atom. The Morgan fingerprint density at radius 2 is 1.63 bits per heavy atom. The number of carbonyl (C=O) groups is 4. The summed E-state index contributed by atoms with van der Waals surface area (Å²) in [6.07, 6.45) is 14.9. The number of benzene rings is 1. The average Bonchev–Trinajstić information content (AvgIpc) is 3.95. The fourth-order valence-corrected chi connectivity index (χ4v) is 7.56. The molecule has 5 atom stereocenters. The van der Waals surface area contributed by atoms with Crippen LogP contribution < -0.4 is 16.4 Å². The number of allylic oxidation sites excluding steroid dienone is 1. The maximum Gasteiger partial charge on any atom is 0.242 e. The van der Waals surface area contributed by atoms with Crippen molar-refractivity contribution < 1.29 is 28.7 Å². The van der Waals surface area contributed by atoms with Gasteiger partial charge in [0, 0.05) is 39.4 Å². The molecule has 0 bridgehead atoms. The quantitative estimate of drug-likeness (QED) is 0.112. The molecule has 1 aromatic heterocycles. The predicted molar refractivity (Wildman–Crippen MR) is 250 cm³/mol. The third kappa shape index (κ3) is 24.0. The Bertz CT molecular complexity index is 1360. The first-order chi connectivity index (χ1) is 28.7. The third-order valence-corrected chi connectivity index (χ3v) is 11.1. The molecule has 4 rings (SSSR count). The number of likely N-dealkylation sites (N-methyl/N-ethyl adjacent to an activating group) is 1. The smallest absolute Gasteiger partial charge is 0.242 e. The molecule has 5 unspecified atom stereocenters.